The number of aryl methyl sites for hydroxylation is 2. The normalized spacial score (nSPS) is 11.9. The van der Waals surface area contributed by atoms with Gasteiger partial charge >= 0.3 is 0 Å². The fraction of sp³-hybridized carbons (Fsp3) is 0.444. The molecule has 0 saturated carbocycles. The van der Waals surface area contributed by atoms with E-state index in [0.29, 0.717) is 29.3 Å². The molecule has 0 bridgehead atoms. The number of rotatable bonds is 13. The molecule has 0 radical (unpaired) electrons. The largest absolute Gasteiger partial charge is 0.392 e. The molecule has 1 N–H and O–H groups in total. The number of benzene rings is 2. The smallest absolute Gasteiger partial charge is 0.269 e. The van der Waals surface area contributed by atoms with Crippen LogP contribution in [0, 0.1) is 19.8 Å². The Labute approximate surface area is 213 Å². The Kier molecular flexibility index (Phi) is 9.67. The van der Waals surface area contributed by atoms with Crippen LogP contribution < -0.4 is 4.31 Å². The van der Waals surface area contributed by atoms with Crippen molar-refractivity contribution in [3.8, 4) is 11.1 Å². The molecule has 0 unspecified atom stereocenters. The lowest BCUT2D eigenvalue weighted by Crippen LogP contribution is -2.34. The number of sulfonamides is 1. The maximum Gasteiger partial charge on any atom is 0.269 e. The van der Waals surface area contributed by atoms with Gasteiger partial charge in [-0.3, -0.25) is 0 Å². The number of aromatic nitrogens is 1. The molecule has 0 spiro atoms. The number of ether oxygens (including phenoxy) is 2. The van der Waals surface area contributed by atoms with E-state index in [1.807, 2.05) is 30.3 Å². The van der Waals surface area contributed by atoms with Gasteiger partial charge in [-0.15, -0.1) is 0 Å². The van der Waals surface area contributed by atoms with E-state index in [0.717, 1.165) is 33.8 Å². The zero-order chi connectivity index (χ0) is 26.3. The topological polar surface area (TPSA) is 102 Å². The van der Waals surface area contributed by atoms with Gasteiger partial charge in [0.2, 0.25) is 5.88 Å². The van der Waals surface area contributed by atoms with Gasteiger partial charge in [-0.2, -0.15) is 0 Å². The van der Waals surface area contributed by atoms with Gasteiger partial charge in [0.25, 0.3) is 10.0 Å². The van der Waals surface area contributed by atoms with Crippen molar-refractivity contribution < 1.29 is 27.5 Å². The molecule has 3 rings (SSSR count). The minimum Gasteiger partial charge on any atom is -0.392 e. The maximum atomic E-state index is 14.1. The van der Waals surface area contributed by atoms with E-state index in [9.17, 15) is 13.5 Å². The summed E-state index contributed by atoms with van der Waals surface area (Å²) in [4.78, 5) is 0.135. The molecule has 1 aromatic heterocycles. The number of anilines is 1. The summed E-state index contributed by atoms with van der Waals surface area (Å²) in [7, 11) is -2.56. The minimum atomic E-state index is -4.11. The van der Waals surface area contributed by atoms with E-state index in [-0.39, 0.29) is 30.7 Å². The standard InChI is InChI=1S/C27H36N2O6S/c1-19(2)10-12-23-16-22(17-30)11-13-24(23)25-8-6-7-9-26(25)36(31,32)29(18-34-15-14-33-5)27-20(3)21(4)28-35-27/h6-9,11,13,16,19,30H,10,12,14-15,17-18H2,1-5H3. The van der Waals surface area contributed by atoms with E-state index in [1.54, 1.807) is 33.1 Å². The van der Waals surface area contributed by atoms with Crippen LogP contribution in [-0.4, -0.2) is 45.7 Å². The van der Waals surface area contributed by atoms with E-state index in [2.05, 4.69) is 19.0 Å². The van der Waals surface area contributed by atoms with Gasteiger partial charge in [0.1, 0.15) is 6.73 Å². The molecule has 0 aliphatic carbocycles. The Morgan fingerprint density at radius 1 is 1.08 bits per heavy atom. The van der Waals surface area contributed by atoms with Gasteiger partial charge in [-0.05, 0) is 55.4 Å². The second-order valence-corrected chi connectivity index (χ2v) is 11.0. The van der Waals surface area contributed by atoms with Gasteiger partial charge < -0.3 is 19.1 Å². The van der Waals surface area contributed by atoms with Crippen LogP contribution in [0.5, 0.6) is 0 Å². The Hall–Kier alpha value is -2.72. The van der Waals surface area contributed by atoms with Crippen LogP contribution >= 0.6 is 0 Å². The summed E-state index contributed by atoms with van der Waals surface area (Å²) in [5.41, 5.74) is 4.41. The molecular weight excluding hydrogens is 480 g/mol. The molecule has 0 amide bonds. The summed E-state index contributed by atoms with van der Waals surface area (Å²) in [6, 6.07) is 12.6. The predicted octanol–water partition coefficient (Wildman–Crippen LogP) is 4.86. The lowest BCUT2D eigenvalue weighted by atomic mass is 9.93. The summed E-state index contributed by atoms with van der Waals surface area (Å²) < 4.78 is 45.5. The summed E-state index contributed by atoms with van der Waals surface area (Å²) >= 11 is 0. The first-order valence-corrected chi connectivity index (χ1v) is 13.5. The zero-order valence-corrected chi connectivity index (χ0v) is 22.5. The highest BCUT2D eigenvalue weighted by Gasteiger charge is 2.32. The van der Waals surface area contributed by atoms with Crippen molar-refractivity contribution in [1.29, 1.82) is 0 Å². The highest BCUT2D eigenvalue weighted by molar-refractivity contribution is 7.93. The van der Waals surface area contributed by atoms with Crippen molar-refractivity contribution >= 4 is 15.9 Å². The van der Waals surface area contributed by atoms with Crippen LogP contribution in [-0.2, 0) is 32.5 Å². The summed E-state index contributed by atoms with van der Waals surface area (Å²) in [6.07, 6.45) is 1.70. The van der Waals surface area contributed by atoms with E-state index in [1.165, 1.54) is 0 Å². The van der Waals surface area contributed by atoms with Crippen LogP contribution in [0.2, 0.25) is 0 Å². The third-order valence-corrected chi connectivity index (χ3v) is 7.85. The van der Waals surface area contributed by atoms with Crippen molar-refractivity contribution in [3.05, 3.63) is 64.8 Å². The summed E-state index contributed by atoms with van der Waals surface area (Å²) in [5.74, 6) is 0.599. The molecule has 0 saturated heterocycles. The quantitative estimate of drug-likeness (QED) is 0.256. The van der Waals surface area contributed by atoms with E-state index in [4.69, 9.17) is 14.0 Å². The average Bonchev–Trinajstić information content (AvgIpc) is 3.20. The minimum absolute atomic E-state index is 0.0778. The molecule has 36 heavy (non-hydrogen) atoms. The van der Waals surface area contributed by atoms with Gasteiger partial charge in [0.15, 0.2) is 0 Å². The first kappa shape index (κ1) is 27.9. The Balaban J connectivity index is 2.12. The Morgan fingerprint density at radius 2 is 1.83 bits per heavy atom. The highest BCUT2D eigenvalue weighted by atomic mass is 32.2. The number of aliphatic hydroxyl groups is 1. The zero-order valence-electron chi connectivity index (χ0n) is 21.7. The molecule has 9 heteroatoms. The van der Waals surface area contributed by atoms with E-state index >= 15 is 0 Å². The number of nitrogens with zero attached hydrogens (tertiary/aromatic N) is 2. The number of methoxy groups -OCH3 is 1. The van der Waals surface area contributed by atoms with Crippen molar-refractivity contribution in [2.45, 2.75) is 52.0 Å². The fourth-order valence-electron chi connectivity index (χ4n) is 3.85. The van der Waals surface area contributed by atoms with Crippen molar-refractivity contribution in [3.63, 3.8) is 0 Å². The molecule has 3 aromatic rings. The van der Waals surface area contributed by atoms with Crippen LogP contribution in [0.4, 0.5) is 5.88 Å². The number of aliphatic hydroxyl groups excluding tert-OH is 1. The van der Waals surface area contributed by atoms with Crippen LogP contribution in [0.3, 0.4) is 0 Å². The molecule has 0 aliphatic rings. The third kappa shape index (κ3) is 6.34. The molecule has 2 aromatic carbocycles. The van der Waals surface area contributed by atoms with Crippen molar-refractivity contribution in [1.82, 2.24) is 5.16 Å². The Bertz CT molecular complexity index is 1250. The lowest BCUT2D eigenvalue weighted by molar-refractivity contribution is 0.0744. The van der Waals surface area contributed by atoms with Crippen LogP contribution in [0.15, 0.2) is 51.9 Å². The monoisotopic (exact) mass is 516 g/mol. The maximum absolute atomic E-state index is 14.1. The summed E-state index contributed by atoms with van der Waals surface area (Å²) in [5, 5.41) is 13.6. The fourth-order valence-corrected chi connectivity index (χ4v) is 5.40. The molecule has 0 atom stereocenters. The average molecular weight is 517 g/mol. The molecule has 0 fully saturated rings. The number of hydrogen-bond donors (Lipinski definition) is 1. The van der Waals surface area contributed by atoms with Gasteiger partial charge in [-0.1, -0.05) is 55.4 Å². The van der Waals surface area contributed by atoms with Crippen molar-refractivity contribution in [2.24, 2.45) is 5.92 Å². The van der Waals surface area contributed by atoms with Gasteiger partial charge in [0, 0.05) is 18.2 Å². The Morgan fingerprint density at radius 3 is 2.47 bits per heavy atom. The van der Waals surface area contributed by atoms with Crippen molar-refractivity contribution in [2.75, 3.05) is 31.4 Å². The third-order valence-electron chi connectivity index (χ3n) is 6.09. The van der Waals surface area contributed by atoms with Gasteiger partial charge in [-0.25, -0.2) is 12.7 Å². The van der Waals surface area contributed by atoms with Crippen LogP contribution in [0.1, 0.15) is 42.7 Å². The van der Waals surface area contributed by atoms with Gasteiger partial charge in [0.05, 0.1) is 30.4 Å². The summed E-state index contributed by atoms with van der Waals surface area (Å²) in [6.45, 7) is 8.05. The molecule has 1 heterocycles. The molecular formula is C27H36N2O6S. The molecule has 0 aliphatic heterocycles. The lowest BCUT2D eigenvalue weighted by Gasteiger charge is -2.24. The second-order valence-electron chi connectivity index (χ2n) is 9.16. The first-order valence-electron chi connectivity index (χ1n) is 12.0. The SMILES string of the molecule is COCCOCN(c1onc(C)c1C)S(=O)(=O)c1ccccc1-c1ccc(CO)cc1CCC(C)C. The molecule has 8 nitrogen and oxygen atoms in total. The van der Waals surface area contributed by atoms with E-state index < -0.39 is 10.0 Å². The highest BCUT2D eigenvalue weighted by Crippen LogP contribution is 2.36. The predicted molar refractivity (Wildman–Crippen MR) is 139 cm³/mol. The number of hydrogen-bond acceptors (Lipinski definition) is 7. The molecule has 196 valence electrons. The first-order chi connectivity index (χ1) is 17.2. The second kappa shape index (κ2) is 12.5. The van der Waals surface area contributed by atoms with Crippen LogP contribution in [0.25, 0.3) is 11.1 Å².